The van der Waals surface area contributed by atoms with E-state index in [4.69, 9.17) is 5.11 Å². The number of nitrogens with zero attached hydrogens (tertiary/aromatic N) is 4. The average molecular weight is 272 g/mol. The molecule has 2 heterocycles. The van der Waals surface area contributed by atoms with Crippen LogP contribution in [0.2, 0.25) is 0 Å². The Morgan fingerprint density at radius 2 is 2.20 bits per heavy atom. The van der Waals surface area contributed by atoms with Crippen LogP contribution in [0.5, 0.6) is 0 Å². The van der Waals surface area contributed by atoms with E-state index in [1.165, 1.54) is 23.4 Å². The zero-order chi connectivity index (χ0) is 14.1. The van der Waals surface area contributed by atoms with E-state index in [0.717, 1.165) is 11.3 Å². The Morgan fingerprint density at radius 1 is 1.35 bits per heavy atom. The highest BCUT2D eigenvalue weighted by molar-refractivity contribution is 5.96. The van der Waals surface area contributed by atoms with Gasteiger partial charge >= 0.3 is 5.97 Å². The first-order valence-corrected chi connectivity index (χ1v) is 6.14. The highest BCUT2D eigenvalue weighted by atomic mass is 16.4. The van der Waals surface area contributed by atoms with Gasteiger partial charge in [-0.2, -0.15) is 5.10 Å². The second-order valence-corrected chi connectivity index (χ2v) is 4.54. The van der Waals surface area contributed by atoms with Crippen LogP contribution >= 0.6 is 0 Å². The molecule has 0 atom stereocenters. The van der Waals surface area contributed by atoms with Crippen LogP contribution < -0.4 is 4.90 Å². The first-order chi connectivity index (χ1) is 9.65. The van der Waals surface area contributed by atoms with Gasteiger partial charge in [0.2, 0.25) is 5.91 Å². The van der Waals surface area contributed by atoms with E-state index in [0.29, 0.717) is 13.0 Å². The standard InChI is InChI=1S/C13H12N4O3/c18-12(6-16-8-14-7-15-16)17-4-3-9-5-10(13(19)20)1-2-11(9)17/h1-2,5,7-8H,3-4,6H2,(H,19,20). The van der Waals surface area contributed by atoms with Gasteiger partial charge in [0, 0.05) is 12.2 Å². The van der Waals surface area contributed by atoms with Crippen molar-refractivity contribution >= 4 is 17.6 Å². The summed E-state index contributed by atoms with van der Waals surface area (Å²) in [5, 5.41) is 12.9. The maximum absolute atomic E-state index is 12.2. The van der Waals surface area contributed by atoms with E-state index in [1.54, 1.807) is 17.0 Å². The molecule has 7 heteroatoms. The summed E-state index contributed by atoms with van der Waals surface area (Å²) >= 11 is 0. The summed E-state index contributed by atoms with van der Waals surface area (Å²) < 4.78 is 1.46. The summed E-state index contributed by atoms with van der Waals surface area (Å²) in [6.07, 6.45) is 3.53. The maximum Gasteiger partial charge on any atom is 0.335 e. The molecule has 0 aliphatic carbocycles. The molecule has 1 aromatic heterocycles. The van der Waals surface area contributed by atoms with Crippen molar-refractivity contribution in [1.29, 1.82) is 0 Å². The molecule has 7 nitrogen and oxygen atoms in total. The number of benzene rings is 1. The van der Waals surface area contributed by atoms with Gasteiger partial charge < -0.3 is 10.0 Å². The van der Waals surface area contributed by atoms with E-state index in [1.807, 2.05) is 0 Å². The van der Waals surface area contributed by atoms with E-state index < -0.39 is 5.97 Å². The molecule has 1 N–H and O–H groups in total. The molecule has 0 bridgehead atoms. The zero-order valence-electron chi connectivity index (χ0n) is 10.6. The number of aromatic carboxylic acids is 1. The molecular formula is C13H12N4O3. The number of carbonyl (C=O) groups is 2. The highest BCUT2D eigenvalue weighted by Crippen LogP contribution is 2.29. The van der Waals surface area contributed by atoms with Crippen molar-refractivity contribution in [2.24, 2.45) is 0 Å². The molecule has 0 unspecified atom stereocenters. The number of hydrogen-bond acceptors (Lipinski definition) is 4. The van der Waals surface area contributed by atoms with Gasteiger partial charge in [-0.1, -0.05) is 0 Å². The van der Waals surface area contributed by atoms with Crippen LogP contribution in [0.3, 0.4) is 0 Å². The minimum absolute atomic E-state index is 0.0858. The molecule has 1 aromatic carbocycles. The van der Waals surface area contributed by atoms with Crippen molar-refractivity contribution in [2.75, 3.05) is 11.4 Å². The van der Waals surface area contributed by atoms with Crippen LogP contribution in [0.1, 0.15) is 15.9 Å². The van der Waals surface area contributed by atoms with Gasteiger partial charge in [0.05, 0.1) is 5.56 Å². The van der Waals surface area contributed by atoms with Crippen molar-refractivity contribution in [3.8, 4) is 0 Å². The van der Waals surface area contributed by atoms with Gasteiger partial charge in [0.1, 0.15) is 19.2 Å². The Bertz CT molecular complexity index is 666. The molecule has 1 amide bonds. The Balaban J connectivity index is 1.82. The second-order valence-electron chi connectivity index (χ2n) is 4.54. The molecule has 2 aromatic rings. The third-order valence-electron chi connectivity index (χ3n) is 3.29. The van der Waals surface area contributed by atoms with Crippen molar-refractivity contribution < 1.29 is 14.7 Å². The topological polar surface area (TPSA) is 88.3 Å². The van der Waals surface area contributed by atoms with E-state index in [9.17, 15) is 9.59 Å². The molecule has 1 aliphatic heterocycles. The number of hydrogen-bond donors (Lipinski definition) is 1. The van der Waals surface area contributed by atoms with Gasteiger partial charge in [-0.3, -0.25) is 4.79 Å². The fraction of sp³-hybridized carbons (Fsp3) is 0.231. The minimum Gasteiger partial charge on any atom is -0.478 e. The normalized spacial score (nSPS) is 13.3. The maximum atomic E-state index is 12.2. The number of amides is 1. The molecule has 3 rings (SSSR count). The largest absolute Gasteiger partial charge is 0.478 e. The summed E-state index contributed by atoms with van der Waals surface area (Å²) in [5.41, 5.74) is 1.91. The monoisotopic (exact) mass is 272 g/mol. The Labute approximate surface area is 114 Å². The highest BCUT2D eigenvalue weighted by Gasteiger charge is 2.25. The van der Waals surface area contributed by atoms with Crippen LogP contribution in [0.4, 0.5) is 5.69 Å². The number of carbonyl (C=O) groups excluding carboxylic acids is 1. The van der Waals surface area contributed by atoms with Gasteiger partial charge in [-0.05, 0) is 30.2 Å². The predicted molar refractivity (Wildman–Crippen MR) is 69.5 cm³/mol. The quantitative estimate of drug-likeness (QED) is 0.882. The van der Waals surface area contributed by atoms with E-state index in [-0.39, 0.29) is 18.0 Å². The lowest BCUT2D eigenvalue weighted by molar-refractivity contribution is -0.119. The summed E-state index contributed by atoms with van der Waals surface area (Å²) in [4.78, 5) is 28.6. The molecule has 0 saturated heterocycles. The molecule has 0 fully saturated rings. The van der Waals surface area contributed by atoms with Crippen molar-refractivity contribution in [3.05, 3.63) is 42.0 Å². The minimum atomic E-state index is -0.958. The molecule has 20 heavy (non-hydrogen) atoms. The van der Waals surface area contributed by atoms with Crippen molar-refractivity contribution in [3.63, 3.8) is 0 Å². The second kappa shape index (κ2) is 4.76. The third kappa shape index (κ3) is 2.13. The number of rotatable bonds is 3. The fourth-order valence-electron chi connectivity index (χ4n) is 2.33. The van der Waals surface area contributed by atoms with Gasteiger partial charge in [-0.15, -0.1) is 0 Å². The first kappa shape index (κ1) is 12.3. The summed E-state index contributed by atoms with van der Waals surface area (Å²) in [6, 6.07) is 4.83. The smallest absolute Gasteiger partial charge is 0.335 e. The molecule has 1 aliphatic rings. The van der Waals surface area contributed by atoms with E-state index >= 15 is 0 Å². The molecule has 0 spiro atoms. The van der Waals surface area contributed by atoms with Gasteiger partial charge in [-0.25, -0.2) is 14.5 Å². The lowest BCUT2D eigenvalue weighted by Gasteiger charge is -2.17. The van der Waals surface area contributed by atoms with Crippen molar-refractivity contribution in [1.82, 2.24) is 14.8 Å². The molecular weight excluding hydrogens is 260 g/mol. The Morgan fingerprint density at radius 3 is 2.90 bits per heavy atom. The third-order valence-corrected chi connectivity index (χ3v) is 3.29. The van der Waals surface area contributed by atoms with Gasteiger partial charge in [0.25, 0.3) is 0 Å². The van der Waals surface area contributed by atoms with E-state index in [2.05, 4.69) is 10.1 Å². The summed E-state index contributed by atoms with van der Waals surface area (Å²) in [5.74, 6) is -1.04. The molecule has 102 valence electrons. The SMILES string of the molecule is O=C(O)c1ccc2c(c1)CCN2C(=O)Cn1cncn1. The average Bonchev–Trinajstić information content (AvgIpc) is 3.06. The van der Waals surface area contributed by atoms with Crippen LogP contribution in [-0.2, 0) is 17.8 Å². The van der Waals surface area contributed by atoms with Crippen LogP contribution in [0.15, 0.2) is 30.9 Å². The first-order valence-electron chi connectivity index (χ1n) is 6.14. The van der Waals surface area contributed by atoms with Crippen LogP contribution in [0.25, 0.3) is 0 Å². The zero-order valence-corrected chi connectivity index (χ0v) is 10.6. The lowest BCUT2D eigenvalue weighted by Crippen LogP contribution is -2.32. The number of anilines is 1. The fourth-order valence-corrected chi connectivity index (χ4v) is 2.33. The summed E-state index contributed by atoms with van der Waals surface area (Å²) in [7, 11) is 0. The Kier molecular flexibility index (Phi) is 2.94. The summed E-state index contributed by atoms with van der Waals surface area (Å²) in [6.45, 7) is 0.687. The Hall–Kier alpha value is -2.70. The van der Waals surface area contributed by atoms with Crippen LogP contribution in [-0.4, -0.2) is 38.3 Å². The number of fused-ring (bicyclic) bond motifs is 1. The predicted octanol–water partition coefficient (Wildman–Crippen LogP) is 0.566. The molecule has 0 saturated carbocycles. The number of aromatic nitrogens is 3. The number of carboxylic acid groups (broad SMARTS) is 1. The van der Waals surface area contributed by atoms with Gasteiger partial charge in [0.15, 0.2) is 0 Å². The lowest BCUT2D eigenvalue weighted by atomic mass is 10.1. The number of carboxylic acids is 1. The van der Waals surface area contributed by atoms with Crippen LogP contribution in [0, 0.1) is 0 Å². The molecule has 0 radical (unpaired) electrons. The van der Waals surface area contributed by atoms with Crippen molar-refractivity contribution in [2.45, 2.75) is 13.0 Å².